The summed E-state index contributed by atoms with van der Waals surface area (Å²) in [7, 11) is 0. The number of hydrogen-bond donors (Lipinski definition) is 0. The van der Waals surface area contributed by atoms with Gasteiger partial charge in [0.25, 0.3) is 0 Å². The van der Waals surface area contributed by atoms with Crippen LogP contribution in [-0.2, 0) is 9.53 Å². The molecule has 1 spiro atoms. The van der Waals surface area contributed by atoms with Gasteiger partial charge in [-0.25, -0.2) is 0 Å². The van der Waals surface area contributed by atoms with Crippen molar-refractivity contribution in [3.05, 3.63) is 29.3 Å². The molecule has 0 bridgehead atoms. The fraction of sp³-hybridized carbons (Fsp3) is 0.600. The minimum atomic E-state index is -0.462. The molecule has 2 aliphatic heterocycles. The molecule has 25 heavy (non-hydrogen) atoms. The molecule has 0 radical (unpaired) electrons. The number of hydrogen-bond acceptors (Lipinski definition) is 4. The van der Waals surface area contributed by atoms with Crippen molar-refractivity contribution in [1.82, 2.24) is 4.90 Å². The number of Topliss-reactive ketones (excluding diaryl/α,β-unsaturated/α-hetero) is 1. The molecule has 132 valence electrons. The summed E-state index contributed by atoms with van der Waals surface area (Å²) in [6, 6.07) is 5.82. The van der Waals surface area contributed by atoms with E-state index in [9.17, 15) is 9.59 Å². The van der Waals surface area contributed by atoms with Crippen molar-refractivity contribution in [2.45, 2.75) is 31.8 Å². The quantitative estimate of drug-likeness (QED) is 0.786. The van der Waals surface area contributed by atoms with E-state index in [0.29, 0.717) is 50.0 Å². The Morgan fingerprint density at radius 1 is 1.28 bits per heavy atom. The molecule has 4 aliphatic rings. The molecule has 1 amide bonds. The van der Waals surface area contributed by atoms with Crippen LogP contribution in [0.4, 0.5) is 0 Å². The fourth-order valence-electron chi connectivity index (χ4n) is 5.26. The van der Waals surface area contributed by atoms with E-state index in [4.69, 9.17) is 9.47 Å². The van der Waals surface area contributed by atoms with Crippen LogP contribution in [0.1, 0.15) is 35.2 Å². The highest BCUT2D eigenvalue weighted by Crippen LogP contribution is 2.66. The van der Waals surface area contributed by atoms with E-state index in [1.807, 2.05) is 30.0 Å². The smallest absolute Gasteiger partial charge is 0.226 e. The van der Waals surface area contributed by atoms with Crippen molar-refractivity contribution < 1.29 is 19.1 Å². The standard InChI is InChI=1S/C20H23NO4/c1-12-2-3-16-14(10-12)15(22)11-20(25-16)5-4-13-17(18(13)20)19(23)21-6-8-24-9-7-21/h2-3,10,13,17-18H,4-9,11H2,1H3/t13-,17+,18+,20-/m0/s1. The predicted molar refractivity (Wildman–Crippen MR) is 90.6 cm³/mol. The summed E-state index contributed by atoms with van der Waals surface area (Å²) in [6.07, 6.45) is 2.28. The highest BCUT2D eigenvalue weighted by Gasteiger charge is 2.71. The molecule has 1 aromatic rings. The molecule has 2 saturated carbocycles. The summed E-state index contributed by atoms with van der Waals surface area (Å²) in [5, 5.41) is 0. The molecule has 5 nitrogen and oxygen atoms in total. The minimum absolute atomic E-state index is 0.0339. The third-order valence-electron chi connectivity index (χ3n) is 6.49. The highest BCUT2D eigenvalue weighted by molar-refractivity contribution is 6.01. The van der Waals surface area contributed by atoms with Gasteiger partial charge in [-0.2, -0.15) is 0 Å². The molecule has 3 fully saturated rings. The molecular formula is C20H23NO4. The molecule has 1 aromatic carbocycles. The summed E-state index contributed by atoms with van der Waals surface area (Å²) in [5.74, 6) is 1.72. The maximum absolute atomic E-state index is 12.9. The third kappa shape index (κ3) is 2.25. The molecule has 0 N–H and O–H groups in total. The normalized spacial score (nSPS) is 36.0. The lowest BCUT2D eigenvalue weighted by Crippen LogP contribution is -2.46. The van der Waals surface area contributed by atoms with Crippen LogP contribution in [0.2, 0.25) is 0 Å². The van der Waals surface area contributed by atoms with E-state index in [2.05, 4.69) is 0 Å². The number of carbonyl (C=O) groups is 2. The van der Waals surface area contributed by atoms with Gasteiger partial charge in [-0.1, -0.05) is 11.6 Å². The maximum atomic E-state index is 12.9. The largest absolute Gasteiger partial charge is 0.486 e. The average Bonchev–Trinajstić information content (AvgIpc) is 3.27. The van der Waals surface area contributed by atoms with Crippen molar-refractivity contribution in [3.8, 4) is 5.75 Å². The number of amides is 1. The summed E-state index contributed by atoms with van der Waals surface area (Å²) in [5.41, 5.74) is 1.31. The van der Waals surface area contributed by atoms with E-state index >= 15 is 0 Å². The number of benzene rings is 1. The zero-order valence-electron chi connectivity index (χ0n) is 14.5. The monoisotopic (exact) mass is 341 g/mol. The molecular weight excluding hydrogens is 318 g/mol. The number of ketones is 1. The Labute approximate surface area is 147 Å². The second-order valence-electron chi connectivity index (χ2n) is 7.96. The number of fused-ring (bicyclic) bond motifs is 3. The van der Waals surface area contributed by atoms with E-state index in [0.717, 1.165) is 18.4 Å². The average molecular weight is 341 g/mol. The second-order valence-corrected chi connectivity index (χ2v) is 7.96. The Morgan fingerprint density at radius 3 is 2.88 bits per heavy atom. The maximum Gasteiger partial charge on any atom is 0.226 e. The highest BCUT2D eigenvalue weighted by atomic mass is 16.5. The summed E-state index contributed by atoms with van der Waals surface area (Å²) < 4.78 is 11.8. The number of carbonyl (C=O) groups excluding carboxylic acids is 2. The van der Waals surface area contributed by atoms with Crippen molar-refractivity contribution in [3.63, 3.8) is 0 Å². The van der Waals surface area contributed by atoms with E-state index < -0.39 is 5.60 Å². The van der Waals surface area contributed by atoms with Gasteiger partial charge in [0.15, 0.2) is 5.78 Å². The first-order valence-corrected chi connectivity index (χ1v) is 9.28. The number of ether oxygens (including phenoxy) is 2. The van der Waals surface area contributed by atoms with Gasteiger partial charge >= 0.3 is 0 Å². The molecule has 4 atom stereocenters. The van der Waals surface area contributed by atoms with Crippen LogP contribution in [0.25, 0.3) is 0 Å². The topological polar surface area (TPSA) is 55.8 Å². The van der Waals surface area contributed by atoms with Crippen LogP contribution in [0.3, 0.4) is 0 Å². The molecule has 5 rings (SSSR count). The Kier molecular flexibility index (Phi) is 3.26. The van der Waals surface area contributed by atoms with Crippen molar-refractivity contribution in [1.29, 1.82) is 0 Å². The molecule has 2 aliphatic carbocycles. The number of aryl methyl sites for hydroxylation is 1. The van der Waals surface area contributed by atoms with E-state index in [1.54, 1.807) is 0 Å². The lowest BCUT2D eigenvalue weighted by atomic mass is 9.84. The number of morpholine rings is 1. The zero-order valence-corrected chi connectivity index (χ0v) is 14.5. The Morgan fingerprint density at radius 2 is 2.08 bits per heavy atom. The first-order chi connectivity index (χ1) is 12.1. The fourth-order valence-corrected chi connectivity index (χ4v) is 5.26. The SMILES string of the molecule is Cc1ccc2c(c1)C(=O)C[C@]1(CC[C@H]3[C@@H](C(=O)N4CCOCC4)[C@@H]31)O2. The Hall–Kier alpha value is -1.88. The number of nitrogens with zero attached hydrogens (tertiary/aromatic N) is 1. The first kappa shape index (κ1) is 15.4. The van der Waals surface area contributed by atoms with Crippen LogP contribution in [-0.4, -0.2) is 48.5 Å². The van der Waals surface area contributed by atoms with Crippen molar-refractivity contribution in [2.75, 3.05) is 26.3 Å². The second kappa shape index (κ2) is 5.31. The van der Waals surface area contributed by atoms with Crippen LogP contribution in [0.15, 0.2) is 18.2 Å². The van der Waals surface area contributed by atoms with E-state index in [1.165, 1.54) is 0 Å². The molecule has 5 heteroatoms. The van der Waals surface area contributed by atoms with Gasteiger partial charge < -0.3 is 14.4 Å². The molecule has 0 aromatic heterocycles. The Bertz CT molecular complexity index is 754. The molecule has 1 saturated heterocycles. The minimum Gasteiger partial charge on any atom is -0.486 e. The number of rotatable bonds is 1. The van der Waals surface area contributed by atoms with Gasteiger partial charge in [0.05, 0.1) is 25.2 Å². The summed E-state index contributed by atoms with van der Waals surface area (Å²) in [6.45, 7) is 4.61. The summed E-state index contributed by atoms with van der Waals surface area (Å²) in [4.78, 5) is 27.6. The molecule has 2 heterocycles. The van der Waals surface area contributed by atoms with Crippen LogP contribution in [0, 0.1) is 24.7 Å². The first-order valence-electron chi connectivity index (χ1n) is 9.28. The van der Waals surface area contributed by atoms with Gasteiger partial charge in [0.2, 0.25) is 5.91 Å². The van der Waals surface area contributed by atoms with Crippen molar-refractivity contribution in [2.24, 2.45) is 17.8 Å². The van der Waals surface area contributed by atoms with Gasteiger partial charge in [0, 0.05) is 24.9 Å². The van der Waals surface area contributed by atoms with Crippen LogP contribution >= 0.6 is 0 Å². The van der Waals surface area contributed by atoms with Crippen LogP contribution < -0.4 is 4.74 Å². The van der Waals surface area contributed by atoms with E-state index in [-0.39, 0.29) is 23.5 Å². The molecule has 0 unspecified atom stereocenters. The lowest BCUT2D eigenvalue weighted by Gasteiger charge is -2.37. The van der Waals surface area contributed by atoms with Gasteiger partial charge in [-0.3, -0.25) is 9.59 Å². The predicted octanol–water partition coefficient (Wildman–Crippen LogP) is 2.21. The summed E-state index contributed by atoms with van der Waals surface area (Å²) >= 11 is 0. The van der Waals surface area contributed by atoms with Gasteiger partial charge in [-0.05, 0) is 37.8 Å². The Balaban J connectivity index is 1.39. The lowest BCUT2D eigenvalue weighted by molar-refractivity contribution is -0.138. The van der Waals surface area contributed by atoms with Crippen molar-refractivity contribution >= 4 is 11.7 Å². The zero-order chi connectivity index (χ0) is 17.2. The third-order valence-corrected chi connectivity index (χ3v) is 6.49. The van der Waals surface area contributed by atoms with Gasteiger partial charge in [0.1, 0.15) is 11.4 Å². The van der Waals surface area contributed by atoms with Crippen LogP contribution in [0.5, 0.6) is 5.75 Å². The van der Waals surface area contributed by atoms with Gasteiger partial charge in [-0.15, -0.1) is 0 Å².